The summed E-state index contributed by atoms with van der Waals surface area (Å²) in [6.45, 7) is 3.20. The summed E-state index contributed by atoms with van der Waals surface area (Å²) in [5, 5.41) is 4.08. The highest BCUT2D eigenvalue weighted by Crippen LogP contribution is 2.18. The van der Waals surface area contributed by atoms with Crippen LogP contribution in [0.5, 0.6) is 0 Å². The van der Waals surface area contributed by atoms with Crippen LogP contribution in [0, 0.1) is 0 Å². The van der Waals surface area contributed by atoms with Crippen LogP contribution in [-0.2, 0) is 4.79 Å². The molecule has 4 rings (SSSR count). The van der Waals surface area contributed by atoms with Gasteiger partial charge in [-0.3, -0.25) is 4.79 Å². The van der Waals surface area contributed by atoms with E-state index in [9.17, 15) is 4.79 Å². The van der Waals surface area contributed by atoms with Crippen LogP contribution in [0.3, 0.4) is 0 Å². The van der Waals surface area contributed by atoms with Gasteiger partial charge in [-0.1, -0.05) is 18.2 Å². The lowest BCUT2D eigenvalue weighted by Crippen LogP contribution is -2.50. The average molecular weight is 348 g/mol. The van der Waals surface area contributed by atoms with Gasteiger partial charge in [0.25, 0.3) is 0 Å². The minimum atomic E-state index is 0.0772. The van der Waals surface area contributed by atoms with E-state index < -0.39 is 0 Å². The van der Waals surface area contributed by atoms with Crippen LogP contribution in [0.2, 0.25) is 0 Å². The highest BCUT2D eigenvalue weighted by atomic mass is 16.2. The van der Waals surface area contributed by atoms with Crippen LogP contribution < -0.4 is 10.2 Å². The van der Waals surface area contributed by atoms with Gasteiger partial charge in [-0.25, -0.2) is 15.0 Å². The van der Waals surface area contributed by atoms with Crippen LogP contribution in [0.1, 0.15) is 0 Å². The molecule has 0 bridgehead atoms. The van der Waals surface area contributed by atoms with Crippen LogP contribution in [0.4, 0.5) is 11.6 Å². The molecule has 1 N–H and O–H groups in total. The van der Waals surface area contributed by atoms with E-state index in [0.29, 0.717) is 18.9 Å². The lowest BCUT2D eigenvalue weighted by atomic mass is 10.2. The number of hydrogen-bond donors (Lipinski definition) is 1. The number of hydrogen-bond acceptors (Lipinski definition) is 6. The Morgan fingerprint density at radius 3 is 2.58 bits per heavy atom. The zero-order valence-corrected chi connectivity index (χ0v) is 14.4. The molecule has 1 saturated heterocycles. The highest BCUT2D eigenvalue weighted by molar-refractivity contribution is 5.90. The first-order chi connectivity index (χ1) is 12.8. The molecule has 1 fully saturated rings. The Hall–Kier alpha value is -3.22. The summed E-state index contributed by atoms with van der Waals surface area (Å²) in [5.74, 6) is 1.73. The van der Waals surface area contributed by atoms with Crippen LogP contribution >= 0.6 is 0 Å². The fourth-order valence-electron chi connectivity index (χ4n) is 3.14. The maximum absolute atomic E-state index is 12.5. The van der Waals surface area contributed by atoms with Crippen molar-refractivity contribution in [3.05, 3.63) is 55.0 Å². The summed E-state index contributed by atoms with van der Waals surface area (Å²) in [5.41, 5.74) is 0.862. The van der Waals surface area contributed by atoms with Gasteiger partial charge in [0.2, 0.25) is 5.91 Å². The predicted octanol–water partition coefficient (Wildman–Crippen LogP) is 1.79. The van der Waals surface area contributed by atoms with Gasteiger partial charge in [0, 0.05) is 37.8 Å². The highest BCUT2D eigenvalue weighted by Gasteiger charge is 2.21. The monoisotopic (exact) mass is 348 g/mol. The number of para-hydroxylation sites is 1. The van der Waals surface area contributed by atoms with Crippen LogP contribution in [-0.4, -0.2) is 58.5 Å². The Balaban J connectivity index is 1.34. The van der Waals surface area contributed by atoms with Crippen molar-refractivity contribution in [2.24, 2.45) is 0 Å². The topological polar surface area (TPSA) is 74.2 Å². The van der Waals surface area contributed by atoms with Crippen molar-refractivity contribution < 1.29 is 4.79 Å². The van der Waals surface area contributed by atoms with Crippen LogP contribution in [0.15, 0.2) is 55.0 Å². The Morgan fingerprint density at radius 1 is 0.962 bits per heavy atom. The lowest BCUT2D eigenvalue weighted by molar-refractivity contribution is -0.129. The molecule has 1 amide bonds. The number of pyridine rings is 1. The summed E-state index contributed by atoms with van der Waals surface area (Å²) in [6.07, 6.45) is 3.31. The molecule has 0 spiro atoms. The second kappa shape index (κ2) is 7.35. The lowest BCUT2D eigenvalue weighted by Gasteiger charge is -2.35. The fourth-order valence-corrected chi connectivity index (χ4v) is 3.14. The number of carbonyl (C=O) groups is 1. The predicted molar refractivity (Wildman–Crippen MR) is 101 cm³/mol. The van der Waals surface area contributed by atoms with Crippen molar-refractivity contribution in [2.45, 2.75) is 0 Å². The van der Waals surface area contributed by atoms with Gasteiger partial charge < -0.3 is 15.1 Å². The van der Waals surface area contributed by atoms with Gasteiger partial charge in [0.15, 0.2) is 0 Å². The van der Waals surface area contributed by atoms with E-state index in [1.807, 2.05) is 47.4 Å². The van der Waals surface area contributed by atoms with Gasteiger partial charge in [0.1, 0.15) is 18.0 Å². The zero-order chi connectivity index (χ0) is 17.8. The molecule has 1 aromatic carbocycles. The summed E-state index contributed by atoms with van der Waals surface area (Å²) in [4.78, 5) is 29.5. The Morgan fingerprint density at radius 2 is 1.77 bits per heavy atom. The van der Waals surface area contributed by atoms with Crippen LogP contribution in [0.25, 0.3) is 10.9 Å². The van der Waals surface area contributed by atoms with Gasteiger partial charge in [0.05, 0.1) is 12.1 Å². The maximum Gasteiger partial charge on any atom is 0.242 e. The van der Waals surface area contributed by atoms with Crippen molar-refractivity contribution in [2.75, 3.05) is 42.9 Å². The van der Waals surface area contributed by atoms with E-state index in [2.05, 4.69) is 25.2 Å². The minimum Gasteiger partial charge on any atom is -0.360 e. The Bertz CT molecular complexity index is 887. The second-order valence-electron chi connectivity index (χ2n) is 6.15. The zero-order valence-electron chi connectivity index (χ0n) is 14.4. The molecular formula is C19H20N6O. The van der Waals surface area contributed by atoms with E-state index in [0.717, 1.165) is 29.8 Å². The standard InChI is InChI=1S/C19H20N6O/c26-18(13-21-19-15-5-1-2-6-16(15)22-14-23-19)25-11-9-24(10-12-25)17-7-3-4-8-20-17/h1-8,14H,9-13H2,(H,21,22,23). The number of piperazine rings is 1. The molecule has 0 radical (unpaired) electrons. The third kappa shape index (κ3) is 3.42. The third-order valence-electron chi connectivity index (χ3n) is 4.56. The van der Waals surface area contributed by atoms with Crippen molar-refractivity contribution >= 4 is 28.4 Å². The molecule has 132 valence electrons. The number of carbonyl (C=O) groups excluding carboxylic acids is 1. The quantitative estimate of drug-likeness (QED) is 0.775. The van der Waals surface area contributed by atoms with Crippen molar-refractivity contribution in [1.82, 2.24) is 19.9 Å². The number of aromatic nitrogens is 3. The van der Waals surface area contributed by atoms with E-state index in [1.165, 1.54) is 6.33 Å². The summed E-state index contributed by atoms with van der Waals surface area (Å²) >= 11 is 0. The Kier molecular flexibility index (Phi) is 4.59. The first kappa shape index (κ1) is 16.3. The number of nitrogens with one attached hydrogen (secondary N) is 1. The van der Waals surface area contributed by atoms with E-state index in [1.54, 1.807) is 6.20 Å². The summed E-state index contributed by atoms with van der Waals surface area (Å²) in [7, 11) is 0. The second-order valence-corrected chi connectivity index (χ2v) is 6.15. The van der Waals surface area contributed by atoms with Crippen molar-refractivity contribution in [1.29, 1.82) is 0 Å². The van der Waals surface area contributed by atoms with E-state index in [4.69, 9.17) is 0 Å². The SMILES string of the molecule is O=C(CNc1ncnc2ccccc12)N1CCN(c2ccccn2)CC1. The molecule has 2 aromatic heterocycles. The number of fused-ring (bicyclic) bond motifs is 1. The fraction of sp³-hybridized carbons (Fsp3) is 0.263. The molecule has 1 aliphatic rings. The molecule has 3 heterocycles. The Labute approximate surface area is 151 Å². The van der Waals surface area contributed by atoms with Gasteiger partial charge in [-0.2, -0.15) is 0 Å². The van der Waals surface area contributed by atoms with Gasteiger partial charge >= 0.3 is 0 Å². The van der Waals surface area contributed by atoms with Gasteiger partial charge in [-0.05, 0) is 24.3 Å². The summed E-state index contributed by atoms with van der Waals surface area (Å²) in [6, 6.07) is 13.6. The number of rotatable bonds is 4. The maximum atomic E-state index is 12.5. The minimum absolute atomic E-state index is 0.0772. The number of nitrogens with zero attached hydrogens (tertiary/aromatic N) is 5. The normalized spacial score (nSPS) is 14.5. The molecule has 0 unspecified atom stereocenters. The molecule has 7 nitrogen and oxygen atoms in total. The first-order valence-corrected chi connectivity index (χ1v) is 8.68. The number of benzene rings is 1. The molecule has 1 aliphatic heterocycles. The van der Waals surface area contributed by atoms with Crippen molar-refractivity contribution in [3.8, 4) is 0 Å². The third-order valence-corrected chi connectivity index (χ3v) is 4.56. The smallest absolute Gasteiger partial charge is 0.242 e. The molecule has 26 heavy (non-hydrogen) atoms. The largest absolute Gasteiger partial charge is 0.360 e. The molecule has 0 saturated carbocycles. The van der Waals surface area contributed by atoms with E-state index in [-0.39, 0.29) is 12.5 Å². The van der Waals surface area contributed by atoms with Crippen molar-refractivity contribution in [3.63, 3.8) is 0 Å². The average Bonchev–Trinajstić information content (AvgIpc) is 2.73. The molecule has 3 aromatic rings. The molecule has 0 atom stereocenters. The summed E-state index contributed by atoms with van der Waals surface area (Å²) < 4.78 is 0. The molecular weight excluding hydrogens is 328 g/mol. The number of amides is 1. The molecule has 0 aliphatic carbocycles. The first-order valence-electron chi connectivity index (χ1n) is 8.68. The number of anilines is 2. The van der Waals surface area contributed by atoms with E-state index >= 15 is 0 Å². The van der Waals surface area contributed by atoms with Gasteiger partial charge in [-0.15, -0.1) is 0 Å². The molecule has 7 heteroatoms.